The lowest BCUT2D eigenvalue weighted by atomic mass is 10.1. The summed E-state index contributed by atoms with van der Waals surface area (Å²) in [6.07, 6.45) is 0. The van der Waals surface area contributed by atoms with Gasteiger partial charge in [-0.1, -0.05) is 84.6 Å². The van der Waals surface area contributed by atoms with Gasteiger partial charge < -0.3 is 14.4 Å². The Morgan fingerprint density at radius 3 is 1.51 bits per heavy atom. The molecule has 0 radical (unpaired) electrons. The van der Waals surface area contributed by atoms with E-state index in [0.717, 1.165) is 39.5 Å². The summed E-state index contributed by atoms with van der Waals surface area (Å²) in [7, 11) is 3.37. The molecule has 0 saturated heterocycles. The minimum absolute atomic E-state index is 0.681. The zero-order valence-corrected chi connectivity index (χ0v) is 25.2. The molecule has 0 N–H and O–H groups in total. The number of nitrogens with zero attached hydrogens (tertiary/aromatic N) is 4. The van der Waals surface area contributed by atoms with E-state index in [-0.39, 0.29) is 0 Å². The summed E-state index contributed by atoms with van der Waals surface area (Å²) in [5.41, 5.74) is 6.01. The Morgan fingerprint density at radius 2 is 1.00 bits per heavy atom. The highest BCUT2D eigenvalue weighted by molar-refractivity contribution is 8.13. The molecule has 0 bridgehead atoms. The first-order valence-corrected chi connectivity index (χ1v) is 15.0. The van der Waals surface area contributed by atoms with Crippen molar-refractivity contribution in [3.05, 3.63) is 150 Å². The van der Waals surface area contributed by atoms with Gasteiger partial charge in [0.2, 0.25) is 0 Å². The number of benzene rings is 5. The van der Waals surface area contributed by atoms with E-state index in [1.54, 1.807) is 26.0 Å². The molecule has 5 aromatic rings. The van der Waals surface area contributed by atoms with E-state index in [2.05, 4.69) is 63.7 Å². The number of amidine groups is 1. The predicted molar refractivity (Wildman–Crippen MR) is 177 cm³/mol. The highest BCUT2D eigenvalue weighted by Crippen LogP contribution is 2.27. The molecule has 0 aliphatic rings. The molecular formula is C36H34N4O2S. The van der Waals surface area contributed by atoms with Crippen molar-refractivity contribution in [3.8, 4) is 11.5 Å². The van der Waals surface area contributed by atoms with Crippen LogP contribution in [0.15, 0.2) is 149 Å². The van der Waals surface area contributed by atoms with Crippen molar-refractivity contribution in [1.82, 2.24) is 4.90 Å². The van der Waals surface area contributed by atoms with Crippen LogP contribution >= 0.6 is 11.8 Å². The number of methoxy groups -OCH3 is 2. The molecule has 0 atom stereocenters. The summed E-state index contributed by atoms with van der Waals surface area (Å²) >= 11 is 1.73. The van der Waals surface area contributed by atoms with Crippen LogP contribution in [0.3, 0.4) is 0 Å². The van der Waals surface area contributed by atoms with Gasteiger partial charge in [-0.3, -0.25) is 0 Å². The second kappa shape index (κ2) is 15.4. The van der Waals surface area contributed by atoms with Crippen molar-refractivity contribution in [2.45, 2.75) is 18.8 Å². The van der Waals surface area contributed by atoms with Gasteiger partial charge in [-0.05, 0) is 77.4 Å². The van der Waals surface area contributed by atoms with Crippen LogP contribution in [0.1, 0.15) is 16.7 Å². The lowest BCUT2D eigenvalue weighted by Gasteiger charge is -2.26. The number of rotatable bonds is 11. The lowest BCUT2D eigenvalue weighted by molar-refractivity contribution is 0.405. The lowest BCUT2D eigenvalue weighted by Crippen LogP contribution is -2.28. The average Bonchev–Trinajstić information content (AvgIpc) is 3.07. The molecule has 6 nitrogen and oxygen atoms in total. The van der Waals surface area contributed by atoms with Crippen molar-refractivity contribution >= 4 is 34.0 Å². The van der Waals surface area contributed by atoms with Crippen molar-refractivity contribution in [2.75, 3.05) is 14.2 Å². The Bertz CT molecular complexity index is 1560. The highest BCUT2D eigenvalue weighted by Gasteiger charge is 2.15. The highest BCUT2D eigenvalue weighted by atomic mass is 32.2. The molecule has 0 spiro atoms. The first kappa shape index (κ1) is 29.6. The van der Waals surface area contributed by atoms with Crippen LogP contribution in [0, 0.1) is 0 Å². The number of hydrogen-bond acceptors (Lipinski definition) is 6. The average molecular weight is 587 g/mol. The van der Waals surface area contributed by atoms with Gasteiger partial charge >= 0.3 is 0 Å². The van der Waals surface area contributed by atoms with Gasteiger partial charge in [-0.15, -0.1) is 0 Å². The van der Waals surface area contributed by atoms with Crippen LogP contribution in [0.25, 0.3) is 0 Å². The van der Waals surface area contributed by atoms with Crippen LogP contribution < -0.4 is 9.47 Å². The third-order valence-corrected chi connectivity index (χ3v) is 7.74. The summed E-state index contributed by atoms with van der Waals surface area (Å²) in [5.74, 6) is 2.47. The molecule has 0 aliphatic heterocycles. The molecule has 0 aliphatic carbocycles. The van der Waals surface area contributed by atoms with Crippen LogP contribution in [0.2, 0.25) is 0 Å². The van der Waals surface area contributed by atoms with Crippen molar-refractivity contribution < 1.29 is 9.47 Å². The summed E-state index contributed by atoms with van der Waals surface area (Å²) in [4.78, 5) is 7.50. The van der Waals surface area contributed by atoms with E-state index in [0.29, 0.717) is 13.1 Å². The fourth-order valence-electron chi connectivity index (χ4n) is 4.32. The van der Waals surface area contributed by atoms with E-state index in [1.807, 2.05) is 84.9 Å². The van der Waals surface area contributed by atoms with E-state index >= 15 is 0 Å². The number of aliphatic imine (C=N–C) groups is 1. The van der Waals surface area contributed by atoms with Crippen LogP contribution in [-0.4, -0.2) is 24.3 Å². The summed E-state index contributed by atoms with van der Waals surface area (Å²) in [6.45, 7) is 1.36. The molecule has 216 valence electrons. The standard InChI is InChI=1S/C36H34N4O2S/c1-41-34-21-13-28(14-22-34)25-40(26-29-15-23-35(42-2)24-16-29)36(43-27-30-9-5-3-6-10-30)37-31-17-19-33(20-18-31)39-38-32-11-7-4-8-12-32/h3-24H,25-27H2,1-2H3. The van der Waals surface area contributed by atoms with Crippen LogP contribution in [0.4, 0.5) is 17.1 Å². The zero-order valence-electron chi connectivity index (χ0n) is 24.3. The molecular weight excluding hydrogens is 552 g/mol. The van der Waals surface area contributed by atoms with Crippen LogP contribution in [-0.2, 0) is 18.8 Å². The first-order valence-electron chi connectivity index (χ1n) is 14.0. The SMILES string of the molecule is COc1ccc(CN(Cc2ccc(OC)cc2)C(=Nc2ccc(N=Nc3ccccc3)cc2)SCc2ccccc2)cc1. The molecule has 0 saturated carbocycles. The fraction of sp³-hybridized carbons (Fsp3) is 0.139. The summed E-state index contributed by atoms with van der Waals surface area (Å²) in [6, 6.07) is 44.5. The van der Waals surface area contributed by atoms with Gasteiger partial charge in [0.05, 0.1) is 31.3 Å². The van der Waals surface area contributed by atoms with Gasteiger partial charge in [0.1, 0.15) is 11.5 Å². The summed E-state index contributed by atoms with van der Waals surface area (Å²) in [5, 5.41) is 9.65. The minimum atomic E-state index is 0.681. The third-order valence-electron chi connectivity index (χ3n) is 6.66. The number of thioether (sulfide) groups is 1. The smallest absolute Gasteiger partial charge is 0.165 e. The predicted octanol–water partition coefficient (Wildman–Crippen LogP) is 9.74. The molecule has 0 amide bonds. The molecule has 0 heterocycles. The monoisotopic (exact) mass is 586 g/mol. The Balaban J connectivity index is 1.45. The van der Waals surface area contributed by atoms with Gasteiger partial charge in [-0.2, -0.15) is 10.2 Å². The van der Waals surface area contributed by atoms with Crippen LogP contribution in [0.5, 0.6) is 11.5 Å². The van der Waals surface area contributed by atoms with Gasteiger partial charge in [0, 0.05) is 18.8 Å². The van der Waals surface area contributed by atoms with Crippen molar-refractivity contribution in [2.24, 2.45) is 15.2 Å². The van der Waals surface area contributed by atoms with Gasteiger partial charge in [-0.25, -0.2) is 4.99 Å². The summed E-state index contributed by atoms with van der Waals surface area (Å²) < 4.78 is 10.8. The number of hydrogen-bond donors (Lipinski definition) is 0. The molecule has 0 aromatic heterocycles. The maximum atomic E-state index is 5.39. The normalized spacial score (nSPS) is 11.4. The molecule has 5 rings (SSSR count). The Morgan fingerprint density at radius 1 is 0.535 bits per heavy atom. The Kier molecular flexibility index (Phi) is 10.6. The van der Waals surface area contributed by atoms with E-state index in [9.17, 15) is 0 Å². The topological polar surface area (TPSA) is 58.8 Å². The van der Waals surface area contributed by atoms with Crippen molar-refractivity contribution in [1.29, 1.82) is 0 Å². The van der Waals surface area contributed by atoms with Gasteiger partial charge in [0.15, 0.2) is 5.17 Å². The molecule has 0 fully saturated rings. The Labute approximate surface area is 257 Å². The van der Waals surface area contributed by atoms with E-state index in [1.165, 1.54) is 16.7 Å². The second-order valence-corrected chi connectivity index (χ2v) is 10.7. The van der Waals surface area contributed by atoms with E-state index < -0.39 is 0 Å². The maximum absolute atomic E-state index is 5.39. The molecule has 5 aromatic carbocycles. The maximum Gasteiger partial charge on any atom is 0.165 e. The Hall–Kier alpha value is -4.88. The number of ether oxygens (including phenoxy) is 2. The minimum Gasteiger partial charge on any atom is -0.497 e. The molecule has 7 heteroatoms. The second-order valence-electron chi connectivity index (χ2n) is 9.77. The van der Waals surface area contributed by atoms with Crippen molar-refractivity contribution in [3.63, 3.8) is 0 Å². The zero-order chi connectivity index (χ0) is 29.7. The molecule has 43 heavy (non-hydrogen) atoms. The largest absolute Gasteiger partial charge is 0.497 e. The van der Waals surface area contributed by atoms with E-state index in [4.69, 9.17) is 14.5 Å². The third kappa shape index (κ3) is 9.05. The molecule has 0 unspecified atom stereocenters. The quantitative estimate of drug-likeness (QED) is 0.0878. The first-order chi connectivity index (χ1) is 21.2. The fourth-order valence-corrected chi connectivity index (χ4v) is 5.29. The van der Waals surface area contributed by atoms with Gasteiger partial charge in [0.25, 0.3) is 0 Å². The number of azo groups is 1.